The highest BCUT2D eigenvalue weighted by Gasteiger charge is 2.17. The molecular formula is C15H24N2O2. The molecule has 0 atom stereocenters. The molecule has 4 heteroatoms. The monoisotopic (exact) mass is 264 g/mol. The Morgan fingerprint density at radius 2 is 2.26 bits per heavy atom. The van der Waals surface area contributed by atoms with Gasteiger partial charge in [0.1, 0.15) is 5.78 Å². The van der Waals surface area contributed by atoms with Crippen molar-refractivity contribution >= 4 is 5.78 Å². The summed E-state index contributed by atoms with van der Waals surface area (Å²) in [6, 6.07) is 2.54. The molecule has 19 heavy (non-hydrogen) atoms. The Kier molecular flexibility index (Phi) is 5.58. The van der Waals surface area contributed by atoms with Gasteiger partial charge < -0.3 is 4.74 Å². The quantitative estimate of drug-likeness (QED) is 0.678. The van der Waals surface area contributed by atoms with Gasteiger partial charge >= 0.3 is 0 Å². The molecule has 0 unspecified atom stereocenters. The molecule has 0 spiro atoms. The van der Waals surface area contributed by atoms with Crippen LogP contribution in [-0.2, 0) is 16.0 Å². The van der Waals surface area contributed by atoms with E-state index in [4.69, 9.17) is 4.74 Å². The first kappa shape index (κ1) is 14.3. The average molecular weight is 264 g/mol. The summed E-state index contributed by atoms with van der Waals surface area (Å²) in [6.45, 7) is 3.37. The summed E-state index contributed by atoms with van der Waals surface area (Å²) < 4.78 is 7.29. The van der Waals surface area contributed by atoms with Gasteiger partial charge in [-0.2, -0.15) is 5.10 Å². The zero-order valence-electron chi connectivity index (χ0n) is 11.8. The SMILES string of the molecule is CCOCCCC(=O)Cc1ccn(C2CCCC2)n1. The van der Waals surface area contributed by atoms with Crippen LogP contribution < -0.4 is 0 Å². The lowest BCUT2D eigenvalue weighted by atomic mass is 10.1. The van der Waals surface area contributed by atoms with Gasteiger partial charge in [-0.1, -0.05) is 12.8 Å². The molecule has 4 nitrogen and oxygen atoms in total. The number of aromatic nitrogens is 2. The average Bonchev–Trinajstić information content (AvgIpc) is 3.04. The Hall–Kier alpha value is -1.16. The fraction of sp³-hybridized carbons (Fsp3) is 0.733. The van der Waals surface area contributed by atoms with E-state index >= 15 is 0 Å². The molecule has 1 fully saturated rings. The van der Waals surface area contributed by atoms with Crippen molar-refractivity contribution < 1.29 is 9.53 Å². The van der Waals surface area contributed by atoms with Crippen LogP contribution in [0.1, 0.15) is 57.2 Å². The van der Waals surface area contributed by atoms with Crippen LogP contribution in [0, 0.1) is 0 Å². The molecule has 1 heterocycles. The second-order valence-corrected chi connectivity index (χ2v) is 5.24. The van der Waals surface area contributed by atoms with Crippen LogP contribution in [0.4, 0.5) is 0 Å². The van der Waals surface area contributed by atoms with Crippen molar-refractivity contribution in [3.8, 4) is 0 Å². The maximum atomic E-state index is 11.8. The highest BCUT2D eigenvalue weighted by molar-refractivity contribution is 5.80. The van der Waals surface area contributed by atoms with E-state index in [1.807, 2.05) is 19.2 Å². The van der Waals surface area contributed by atoms with Crippen molar-refractivity contribution in [3.05, 3.63) is 18.0 Å². The summed E-state index contributed by atoms with van der Waals surface area (Å²) in [5.74, 6) is 0.261. The van der Waals surface area contributed by atoms with E-state index in [1.165, 1.54) is 25.7 Å². The highest BCUT2D eigenvalue weighted by Crippen LogP contribution is 2.28. The second kappa shape index (κ2) is 7.43. The minimum Gasteiger partial charge on any atom is -0.382 e. The fourth-order valence-electron chi connectivity index (χ4n) is 2.65. The first-order chi connectivity index (χ1) is 9.29. The van der Waals surface area contributed by atoms with Crippen LogP contribution in [0.25, 0.3) is 0 Å². The molecule has 0 N–H and O–H groups in total. The third-order valence-electron chi connectivity index (χ3n) is 3.69. The molecule has 0 bridgehead atoms. The standard InChI is InChI=1S/C15H24N2O2/c1-2-19-11-5-8-15(18)12-13-9-10-17(16-13)14-6-3-4-7-14/h9-10,14H,2-8,11-12H2,1H3. The predicted octanol–water partition coefficient (Wildman–Crippen LogP) is 2.93. The van der Waals surface area contributed by atoms with Gasteiger partial charge in [0.05, 0.1) is 18.2 Å². The Morgan fingerprint density at radius 1 is 1.47 bits per heavy atom. The van der Waals surface area contributed by atoms with Crippen LogP contribution in [0.3, 0.4) is 0 Å². The molecule has 106 valence electrons. The molecule has 0 radical (unpaired) electrons. The molecule has 1 saturated carbocycles. The summed E-state index contributed by atoms with van der Waals surface area (Å²) >= 11 is 0. The van der Waals surface area contributed by atoms with Crippen molar-refractivity contribution in [1.29, 1.82) is 0 Å². The molecule has 0 saturated heterocycles. The first-order valence-electron chi connectivity index (χ1n) is 7.43. The number of nitrogens with zero attached hydrogens (tertiary/aromatic N) is 2. The normalized spacial score (nSPS) is 16.1. The topological polar surface area (TPSA) is 44.1 Å². The second-order valence-electron chi connectivity index (χ2n) is 5.24. The van der Waals surface area contributed by atoms with Gasteiger partial charge in [0.2, 0.25) is 0 Å². The lowest BCUT2D eigenvalue weighted by Gasteiger charge is -2.08. The molecule has 2 rings (SSSR count). The molecule has 1 aromatic rings. The van der Waals surface area contributed by atoms with Gasteiger partial charge in [-0.05, 0) is 32.3 Å². The van der Waals surface area contributed by atoms with E-state index in [2.05, 4.69) is 9.78 Å². The molecular weight excluding hydrogens is 240 g/mol. The number of Topliss-reactive ketones (excluding diaryl/α,β-unsaturated/α-hetero) is 1. The van der Waals surface area contributed by atoms with Crippen LogP contribution >= 0.6 is 0 Å². The Bertz CT molecular complexity index is 395. The minimum atomic E-state index is 0.261. The van der Waals surface area contributed by atoms with Crippen LogP contribution in [0.2, 0.25) is 0 Å². The lowest BCUT2D eigenvalue weighted by molar-refractivity contribution is -0.118. The van der Waals surface area contributed by atoms with E-state index in [9.17, 15) is 4.79 Å². The highest BCUT2D eigenvalue weighted by atomic mass is 16.5. The maximum absolute atomic E-state index is 11.8. The molecule has 1 aromatic heterocycles. The van der Waals surface area contributed by atoms with E-state index in [-0.39, 0.29) is 5.78 Å². The van der Waals surface area contributed by atoms with Gasteiger partial charge in [0.15, 0.2) is 0 Å². The fourth-order valence-corrected chi connectivity index (χ4v) is 2.65. The van der Waals surface area contributed by atoms with Gasteiger partial charge in [-0.15, -0.1) is 0 Å². The number of hydrogen-bond donors (Lipinski definition) is 0. The van der Waals surface area contributed by atoms with Crippen LogP contribution in [0.5, 0.6) is 0 Å². The molecule has 0 amide bonds. The van der Waals surface area contributed by atoms with Crippen molar-refractivity contribution in [3.63, 3.8) is 0 Å². The maximum Gasteiger partial charge on any atom is 0.139 e. The summed E-state index contributed by atoms with van der Waals surface area (Å²) in [7, 11) is 0. The van der Waals surface area contributed by atoms with Crippen LogP contribution in [0.15, 0.2) is 12.3 Å². The van der Waals surface area contributed by atoms with Gasteiger partial charge in [-0.25, -0.2) is 0 Å². The Labute approximate surface area is 115 Å². The van der Waals surface area contributed by atoms with Crippen molar-refractivity contribution in [2.75, 3.05) is 13.2 Å². The summed E-state index contributed by atoms with van der Waals surface area (Å²) in [6.07, 6.45) is 8.95. The predicted molar refractivity (Wildman–Crippen MR) is 74.2 cm³/mol. The summed E-state index contributed by atoms with van der Waals surface area (Å²) in [5, 5.41) is 4.54. The minimum absolute atomic E-state index is 0.261. The molecule has 1 aliphatic rings. The largest absolute Gasteiger partial charge is 0.382 e. The summed E-state index contributed by atoms with van der Waals surface area (Å²) in [4.78, 5) is 11.8. The number of ketones is 1. The Morgan fingerprint density at radius 3 is 3.00 bits per heavy atom. The number of carbonyl (C=O) groups excluding carboxylic acids is 1. The molecule has 0 aliphatic heterocycles. The van der Waals surface area contributed by atoms with Crippen molar-refractivity contribution in [2.45, 2.75) is 57.9 Å². The third kappa shape index (κ3) is 4.46. The van der Waals surface area contributed by atoms with Gasteiger partial charge in [0, 0.05) is 25.8 Å². The smallest absolute Gasteiger partial charge is 0.139 e. The molecule has 1 aliphatic carbocycles. The number of carbonyl (C=O) groups is 1. The number of rotatable bonds is 8. The Balaban J connectivity index is 1.74. The van der Waals surface area contributed by atoms with Crippen LogP contribution in [-0.4, -0.2) is 28.8 Å². The first-order valence-corrected chi connectivity index (χ1v) is 7.43. The van der Waals surface area contributed by atoms with E-state index in [1.54, 1.807) is 0 Å². The number of ether oxygens (including phenoxy) is 1. The van der Waals surface area contributed by atoms with E-state index in [0.717, 1.165) is 18.7 Å². The van der Waals surface area contributed by atoms with E-state index in [0.29, 0.717) is 25.5 Å². The number of hydrogen-bond acceptors (Lipinski definition) is 3. The van der Waals surface area contributed by atoms with Gasteiger partial charge in [0.25, 0.3) is 0 Å². The third-order valence-corrected chi connectivity index (χ3v) is 3.69. The zero-order chi connectivity index (χ0) is 13.5. The zero-order valence-corrected chi connectivity index (χ0v) is 11.8. The lowest BCUT2D eigenvalue weighted by Crippen LogP contribution is -2.08. The van der Waals surface area contributed by atoms with Gasteiger partial charge in [-0.3, -0.25) is 9.48 Å². The summed E-state index contributed by atoms with van der Waals surface area (Å²) in [5.41, 5.74) is 0.910. The van der Waals surface area contributed by atoms with Crippen molar-refractivity contribution in [2.24, 2.45) is 0 Å². The van der Waals surface area contributed by atoms with E-state index < -0.39 is 0 Å². The molecule has 0 aromatic carbocycles. The van der Waals surface area contributed by atoms with Crippen molar-refractivity contribution in [1.82, 2.24) is 9.78 Å².